The summed E-state index contributed by atoms with van der Waals surface area (Å²) in [5.74, 6) is 0.593. The zero-order valence-electron chi connectivity index (χ0n) is 8.85. The van der Waals surface area contributed by atoms with Gasteiger partial charge in [-0.2, -0.15) is 0 Å². The van der Waals surface area contributed by atoms with E-state index in [9.17, 15) is 10.1 Å². The quantitative estimate of drug-likeness (QED) is 0.631. The van der Waals surface area contributed by atoms with Gasteiger partial charge in [-0.05, 0) is 18.4 Å². The highest BCUT2D eigenvalue weighted by molar-refractivity contribution is 7.15. The summed E-state index contributed by atoms with van der Waals surface area (Å²) < 4.78 is 5.27. The maximum atomic E-state index is 10.5. The molecule has 1 aliphatic rings. The van der Waals surface area contributed by atoms with E-state index in [1.165, 1.54) is 11.3 Å². The Morgan fingerprint density at radius 2 is 2.50 bits per heavy atom. The average Bonchev–Trinajstić information content (AvgIpc) is 2.87. The molecule has 1 fully saturated rings. The van der Waals surface area contributed by atoms with E-state index in [1.54, 1.807) is 12.1 Å². The van der Waals surface area contributed by atoms with Crippen LogP contribution < -0.4 is 5.32 Å². The lowest BCUT2D eigenvalue weighted by Gasteiger charge is -2.07. The van der Waals surface area contributed by atoms with Gasteiger partial charge >= 0.3 is 5.00 Å². The Morgan fingerprint density at radius 1 is 1.62 bits per heavy atom. The minimum Gasteiger partial charge on any atom is -0.381 e. The van der Waals surface area contributed by atoms with E-state index in [0.717, 1.165) is 31.1 Å². The molecule has 16 heavy (non-hydrogen) atoms. The van der Waals surface area contributed by atoms with Crippen LogP contribution in [0.15, 0.2) is 12.1 Å². The van der Waals surface area contributed by atoms with Crippen LogP contribution in [0.25, 0.3) is 0 Å². The third kappa shape index (κ3) is 3.01. The number of nitro groups is 1. The number of hydrogen-bond acceptors (Lipinski definition) is 5. The molecule has 0 spiro atoms. The third-order valence-corrected chi connectivity index (χ3v) is 3.62. The largest absolute Gasteiger partial charge is 0.381 e. The molecule has 0 aliphatic carbocycles. The first-order valence-corrected chi connectivity index (χ1v) is 6.09. The molecule has 0 bridgehead atoms. The molecular weight excluding hydrogens is 228 g/mol. The van der Waals surface area contributed by atoms with Crippen molar-refractivity contribution < 1.29 is 9.66 Å². The van der Waals surface area contributed by atoms with Gasteiger partial charge in [-0.25, -0.2) is 0 Å². The molecule has 1 saturated heterocycles. The van der Waals surface area contributed by atoms with Gasteiger partial charge in [0.15, 0.2) is 0 Å². The first-order chi connectivity index (χ1) is 7.75. The summed E-state index contributed by atoms with van der Waals surface area (Å²) >= 11 is 1.23. The fourth-order valence-corrected chi connectivity index (χ4v) is 2.49. The summed E-state index contributed by atoms with van der Waals surface area (Å²) in [5.41, 5.74) is 0. The Balaban J connectivity index is 1.74. The topological polar surface area (TPSA) is 64.4 Å². The predicted molar refractivity (Wildman–Crippen MR) is 61.6 cm³/mol. The summed E-state index contributed by atoms with van der Waals surface area (Å²) in [4.78, 5) is 11.1. The van der Waals surface area contributed by atoms with E-state index in [1.807, 2.05) is 0 Å². The molecule has 2 rings (SSSR count). The molecule has 5 nitrogen and oxygen atoms in total. The molecular formula is C10H14N2O3S. The summed E-state index contributed by atoms with van der Waals surface area (Å²) in [5, 5.41) is 14.0. The molecule has 2 heterocycles. The molecule has 0 aromatic carbocycles. The van der Waals surface area contributed by atoms with Crippen LogP contribution in [0.2, 0.25) is 0 Å². The zero-order chi connectivity index (χ0) is 11.4. The van der Waals surface area contributed by atoms with E-state index >= 15 is 0 Å². The first-order valence-electron chi connectivity index (χ1n) is 5.27. The summed E-state index contributed by atoms with van der Waals surface area (Å²) in [6.45, 7) is 3.31. The zero-order valence-corrected chi connectivity index (χ0v) is 9.66. The van der Waals surface area contributed by atoms with Crippen molar-refractivity contribution in [3.63, 3.8) is 0 Å². The highest BCUT2D eigenvalue weighted by atomic mass is 32.1. The van der Waals surface area contributed by atoms with Crippen LogP contribution in [0.4, 0.5) is 5.00 Å². The van der Waals surface area contributed by atoms with Crippen LogP contribution >= 0.6 is 11.3 Å². The lowest BCUT2D eigenvalue weighted by atomic mass is 10.1. The minimum atomic E-state index is -0.348. The van der Waals surface area contributed by atoms with Gasteiger partial charge in [-0.15, -0.1) is 0 Å². The predicted octanol–water partition coefficient (Wildman–Crippen LogP) is 1.78. The molecule has 1 N–H and O–H groups in total. The number of nitrogens with one attached hydrogen (secondary N) is 1. The fraction of sp³-hybridized carbons (Fsp3) is 0.600. The van der Waals surface area contributed by atoms with E-state index in [0.29, 0.717) is 12.5 Å². The Kier molecular flexibility index (Phi) is 3.87. The Morgan fingerprint density at radius 3 is 3.12 bits per heavy atom. The van der Waals surface area contributed by atoms with Gasteiger partial charge in [0, 0.05) is 30.6 Å². The molecule has 1 atom stereocenters. The van der Waals surface area contributed by atoms with Gasteiger partial charge in [0.05, 0.1) is 11.5 Å². The molecule has 1 aromatic heterocycles. The molecule has 88 valence electrons. The van der Waals surface area contributed by atoms with Crippen molar-refractivity contribution in [3.8, 4) is 0 Å². The smallest absolute Gasteiger partial charge is 0.324 e. The van der Waals surface area contributed by atoms with Crippen LogP contribution in [0.3, 0.4) is 0 Å². The number of thiophene rings is 1. The van der Waals surface area contributed by atoms with Crippen molar-refractivity contribution in [2.24, 2.45) is 5.92 Å². The second-order valence-electron chi connectivity index (χ2n) is 3.86. The number of nitrogens with zero attached hydrogens (tertiary/aromatic N) is 1. The molecule has 1 unspecified atom stereocenters. The highest BCUT2D eigenvalue weighted by Gasteiger charge is 2.15. The maximum absolute atomic E-state index is 10.5. The van der Waals surface area contributed by atoms with Crippen molar-refractivity contribution in [2.45, 2.75) is 13.0 Å². The van der Waals surface area contributed by atoms with E-state index in [-0.39, 0.29) is 9.92 Å². The molecule has 1 aliphatic heterocycles. The van der Waals surface area contributed by atoms with Crippen molar-refractivity contribution in [1.29, 1.82) is 0 Å². The molecule has 1 aromatic rings. The third-order valence-electron chi connectivity index (χ3n) is 2.58. The lowest BCUT2D eigenvalue weighted by Crippen LogP contribution is -2.22. The van der Waals surface area contributed by atoms with Gasteiger partial charge in [-0.3, -0.25) is 10.1 Å². The Bertz CT molecular complexity index is 361. The summed E-state index contributed by atoms with van der Waals surface area (Å²) in [6, 6.07) is 3.36. The van der Waals surface area contributed by atoms with Crippen LogP contribution in [0.1, 0.15) is 11.3 Å². The normalized spacial score (nSPS) is 20.1. The second kappa shape index (κ2) is 5.38. The van der Waals surface area contributed by atoms with Gasteiger partial charge in [-0.1, -0.05) is 11.3 Å². The number of rotatable bonds is 5. The highest BCUT2D eigenvalue weighted by Crippen LogP contribution is 2.23. The lowest BCUT2D eigenvalue weighted by molar-refractivity contribution is -0.380. The van der Waals surface area contributed by atoms with Crippen molar-refractivity contribution >= 4 is 16.3 Å². The summed E-state index contributed by atoms with van der Waals surface area (Å²) in [7, 11) is 0. The van der Waals surface area contributed by atoms with E-state index < -0.39 is 0 Å². The average molecular weight is 242 g/mol. The van der Waals surface area contributed by atoms with Crippen LogP contribution in [0, 0.1) is 16.0 Å². The van der Waals surface area contributed by atoms with Gasteiger partial charge in [0.25, 0.3) is 0 Å². The molecule has 6 heteroatoms. The fourth-order valence-electron chi connectivity index (χ4n) is 1.70. The van der Waals surface area contributed by atoms with Gasteiger partial charge in [0.1, 0.15) is 0 Å². The monoisotopic (exact) mass is 242 g/mol. The molecule has 0 radical (unpaired) electrons. The van der Waals surface area contributed by atoms with E-state index in [2.05, 4.69) is 5.32 Å². The van der Waals surface area contributed by atoms with Crippen LogP contribution in [-0.2, 0) is 11.3 Å². The SMILES string of the molecule is O=[N+]([O-])c1ccc(CNCC2CCOC2)s1. The number of ether oxygens (including phenoxy) is 1. The van der Waals surface area contributed by atoms with Crippen molar-refractivity contribution in [3.05, 3.63) is 27.1 Å². The minimum absolute atomic E-state index is 0.209. The molecule has 0 amide bonds. The Hall–Kier alpha value is -0.980. The van der Waals surface area contributed by atoms with Gasteiger partial charge < -0.3 is 10.1 Å². The first kappa shape index (κ1) is 11.5. The van der Waals surface area contributed by atoms with Crippen molar-refractivity contribution in [2.75, 3.05) is 19.8 Å². The standard InChI is InChI=1S/C10H14N2O3S/c13-12(14)10-2-1-9(16-10)6-11-5-8-3-4-15-7-8/h1-2,8,11H,3-7H2. The van der Waals surface area contributed by atoms with Crippen molar-refractivity contribution in [1.82, 2.24) is 5.32 Å². The maximum Gasteiger partial charge on any atom is 0.324 e. The second-order valence-corrected chi connectivity index (χ2v) is 5.00. The Labute approximate surface area is 97.6 Å². The van der Waals surface area contributed by atoms with E-state index in [4.69, 9.17) is 4.74 Å². The van der Waals surface area contributed by atoms with Gasteiger partial charge in [0.2, 0.25) is 0 Å². The number of hydrogen-bond donors (Lipinski definition) is 1. The summed E-state index contributed by atoms with van der Waals surface area (Å²) in [6.07, 6.45) is 1.11. The van der Waals surface area contributed by atoms with Crippen LogP contribution in [0.5, 0.6) is 0 Å². The van der Waals surface area contributed by atoms with Crippen LogP contribution in [-0.4, -0.2) is 24.7 Å². The molecule has 0 saturated carbocycles.